The van der Waals surface area contributed by atoms with Crippen molar-refractivity contribution in [1.82, 2.24) is 5.32 Å². The van der Waals surface area contributed by atoms with E-state index in [2.05, 4.69) is 53.8 Å². The molecule has 164 valence electrons. The van der Waals surface area contributed by atoms with E-state index in [1.54, 1.807) is 14.2 Å². The SMILES string of the molecule is COc1ccc(CNCC[C@@H](c2ccc(OC(C)C)cc2)c2ccccc2OC)cc1. The Balaban J connectivity index is 1.71. The molecular formula is C27H33NO3. The van der Waals surface area contributed by atoms with Crippen LogP contribution in [0.15, 0.2) is 72.8 Å². The van der Waals surface area contributed by atoms with E-state index in [-0.39, 0.29) is 12.0 Å². The number of nitrogens with one attached hydrogen (secondary N) is 1. The summed E-state index contributed by atoms with van der Waals surface area (Å²) in [5.74, 6) is 2.93. The highest BCUT2D eigenvalue weighted by molar-refractivity contribution is 5.43. The molecule has 1 atom stereocenters. The van der Waals surface area contributed by atoms with Crippen LogP contribution < -0.4 is 19.5 Å². The van der Waals surface area contributed by atoms with Gasteiger partial charge in [0, 0.05) is 18.0 Å². The van der Waals surface area contributed by atoms with Crippen LogP contribution in [0.2, 0.25) is 0 Å². The Bertz CT molecular complexity index is 920. The monoisotopic (exact) mass is 419 g/mol. The van der Waals surface area contributed by atoms with Gasteiger partial charge in [-0.05, 0) is 68.3 Å². The Hall–Kier alpha value is -2.98. The predicted molar refractivity (Wildman–Crippen MR) is 126 cm³/mol. The highest BCUT2D eigenvalue weighted by atomic mass is 16.5. The average molecular weight is 420 g/mol. The van der Waals surface area contributed by atoms with Crippen LogP contribution in [0, 0.1) is 0 Å². The van der Waals surface area contributed by atoms with Gasteiger partial charge in [0.25, 0.3) is 0 Å². The van der Waals surface area contributed by atoms with Crippen LogP contribution in [0.5, 0.6) is 17.2 Å². The van der Waals surface area contributed by atoms with Crippen molar-refractivity contribution in [3.05, 3.63) is 89.5 Å². The molecule has 0 saturated carbocycles. The molecule has 0 fully saturated rings. The van der Waals surface area contributed by atoms with Gasteiger partial charge in [-0.2, -0.15) is 0 Å². The summed E-state index contributed by atoms with van der Waals surface area (Å²) in [5, 5.41) is 3.58. The highest BCUT2D eigenvalue weighted by Gasteiger charge is 2.18. The standard InChI is InChI=1S/C27H33NO3/c1-20(2)31-24-15-11-22(12-16-24)25(26-7-5-6-8-27(26)30-4)17-18-28-19-21-9-13-23(29-3)14-10-21/h5-16,20,25,28H,17-19H2,1-4H3/t25-/m0/s1. The lowest BCUT2D eigenvalue weighted by Gasteiger charge is -2.21. The van der Waals surface area contributed by atoms with Gasteiger partial charge in [-0.15, -0.1) is 0 Å². The largest absolute Gasteiger partial charge is 0.497 e. The van der Waals surface area contributed by atoms with Gasteiger partial charge in [0.2, 0.25) is 0 Å². The molecule has 0 spiro atoms. The van der Waals surface area contributed by atoms with Gasteiger partial charge in [0.1, 0.15) is 17.2 Å². The maximum Gasteiger partial charge on any atom is 0.122 e. The first-order chi connectivity index (χ1) is 15.1. The second-order valence-corrected chi connectivity index (χ2v) is 7.84. The molecule has 0 radical (unpaired) electrons. The van der Waals surface area contributed by atoms with E-state index in [9.17, 15) is 0 Å². The minimum atomic E-state index is 0.165. The summed E-state index contributed by atoms with van der Waals surface area (Å²) in [5.41, 5.74) is 3.70. The minimum absolute atomic E-state index is 0.165. The van der Waals surface area contributed by atoms with E-state index >= 15 is 0 Å². The Morgan fingerprint density at radius 1 is 0.774 bits per heavy atom. The van der Waals surface area contributed by atoms with Crippen molar-refractivity contribution in [3.8, 4) is 17.2 Å². The van der Waals surface area contributed by atoms with Crippen LogP contribution in [0.1, 0.15) is 42.9 Å². The fraction of sp³-hybridized carbons (Fsp3) is 0.333. The Morgan fingerprint density at radius 2 is 1.45 bits per heavy atom. The summed E-state index contributed by atoms with van der Waals surface area (Å²) in [4.78, 5) is 0. The molecule has 0 aliphatic heterocycles. The molecule has 4 nitrogen and oxygen atoms in total. The topological polar surface area (TPSA) is 39.7 Å². The first kappa shape index (κ1) is 22.7. The molecule has 1 N–H and O–H groups in total. The number of hydrogen-bond acceptors (Lipinski definition) is 4. The summed E-state index contributed by atoms with van der Waals surface area (Å²) < 4.78 is 16.7. The molecule has 31 heavy (non-hydrogen) atoms. The van der Waals surface area contributed by atoms with Crippen molar-refractivity contribution >= 4 is 0 Å². The molecular weight excluding hydrogens is 386 g/mol. The van der Waals surface area contributed by atoms with Gasteiger partial charge < -0.3 is 19.5 Å². The molecule has 0 aliphatic carbocycles. The maximum absolute atomic E-state index is 5.82. The lowest BCUT2D eigenvalue weighted by atomic mass is 9.88. The zero-order valence-corrected chi connectivity index (χ0v) is 18.9. The van der Waals surface area contributed by atoms with Crippen molar-refractivity contribution in [2.24, 2.45) is 0 Å². The van der Waals surface area contributed by atoms with Crippen LogP contribution >= 0.6 is 0 Å². The normalized spacial score (nSPS) is 11.9. The number of para-hydroxylation sites is 1. The van der Waals surface area contributed by atoms with Crippen LogP contribution in [-0.4, -0.2) is 26.9 Å². The zero-order valence-electron chi connectivity index (χ0n) is 18.9. The van der Waals surface area contributed by atoms with Gasteiger partial charge in [-0.25, -0.2) is 0 Å². The van der Waals surface area contributed by atoms with Crippen molar-refractivity contribution in [1.29, 1.82) is 0 Å². The second kappa shape index (κ2) is 11.4. The summed E-state index contributed by atoms with van der Waals surface area (Å²) in [7, 11) is 3.42. The molecule has 0 aromatic heterocycles. The third-order valence-electron chi connectivity index (χ3n) is 5.27. The summed E-state index contributed by atoms with van der Waals surface area (Å²) in [6, 6.07) is 24.9. The van der Waals surface area contributed by atoms with E-state index in [1.807, 2.05) is 38.1 Å². The molecule has 0 heterocycles. The van der Waals surface area contributed by atoms with Crippen LogP contribution in [0.4, 0.5) is 0 Å². The van der Waals surface area contributed by atoms with E-state index in [0.29, 0.717) is 0 Å². The molecule has 3 rings (SSSR count). The molecule has 0 unspecified atom stereocenters. The molecule has 4 heteroatoms. The van der Waals surface area contributed by atoms with Crippen molar-refractivity contribution in [3.63, 3.8) is 0 Å². The highest BCUT2D eigenvalue weighted by Crippen LogP contribution is 2.35. The van der Waals surface area contributed by atoms with Crippen LogP contribution in [0.25, 0.3) is 0 Å². The summed E-state index contributed by atoms with van der Waals surface area (Å²) >= 11 is 0. The van der Waals surface area contributed by atoms with Crippen molar-refractivity contribution in [2.45, 2.75) is 38.8 Å². The Labute approximate surface area is 186 Å². The molecule has 0 amide bonds. The fourth-order valence-corrected chi connectivity index (χ4v) is 3.73. The van der Waals surface area contributed by atoms with E-state index in [0.717, 1.165) is 36.8 Å². The third-order valence-corrected chi connectivity index (χ3v) is 5.27. The van der Waals surface area contributed by atoms with Gasteiger partial charge in [0.15, 0.2) is 0 Å². The lowest BCUT2D eigenvalue weighted by Crippen LogP contribution is -2.18. The smallest absolute Gasteiger partial charge is 0.122 e. The Morgan fingerprint density at radius 3 is 2.10 bits per heavy atom. The van der Waals surface area contributed by atoms with E-state index in [1.165, 1.54) is 16.7 Å². The van der Waals surface area contributed by atoms with E-state index < -0.39 is 0 Å². The van der Waals surface area contributed by atoms with Crippen LogP contribution in [0.3, 0.4) is 0 Å². The molecule has 3 aromatic carbocycles. The molecule has 0 saturated heterocycles. The summed E-state index contributed by atoms with van der Waals surface area (Å²) in [6.45, 7) is 5.79. The fourth-order valence-electron chi connectivity index (χ4n) is 3.73. The van der Waals surface area contributed by atoms with Gasteiger partial charge in [-0.1, -0.05) is 42.5 Å². The average Bonchev–Trinajstić information content (AvgIpc) is 2.80. The van der Waals surface area contributed by atoms with Gasteiger partial charge in [0.05, 0.1) is 20.3 Å². The number of rotatable bonds is 11. The number of benzene rings is 3. The van der Waals surface area contributed by atoms with Crippen molar-refractivity contribution < 1.29 is 14.2 Å². The molecule has 0 aliphatic rings. The number of ether oxygens (including phenoxy) is 3. The van der Waals surface area contributed by atoms with Gasteiger partial charge in [-0.3, -0.25) is 0 Å². The van der Waals surface area contributed by atoms with E-state index in [4.69, 9.17) is 14.2 Å². The maximum atomic E-state index is 5.82. The molecule has 0 bridgehead atoms. The number of methoxy groups -OCH3 is 2. The lowest BCUT2D eigenvalue weighted by molar-refractivity contribution is 0.242. The third kappa shape index (κ3) is 6.50. The first-order valence-corrected chi connectivity index (χ1v) is 10.8. The predicted octanol–water partition coefficient (Wildman–Crippen LogP) is 5.80. The zero-order chi connectivity index (χ0) is 22.1. The van der Waals surface area contributed by atoms with Gasteiger partial charge >= 0.3 is 0 Å². The second-order valence-electron chi connectivity index (χ2n) is 7.84. The van der Waals surface area contributed by atoms with Crippen molar-refractivity contribution in [2.75, 3.05) is 20.8 Å². The molecule has 3 aromatic rings. The quantitative estimate of drug-likeness (QED) is 0.399. The number of hydrogen-bond donors (Lipinski definition) is 1. The first-order valence-electron chi connectivity index (χ1n) is 10.8. The Kier molecular flexibility index (Phi) is 8.36. The summed E-state index contributed by atoms with van der Waals surface area (Å²) in [6.07, 6.45) is 1.12. The minimum Gasteiger partial charge on any atom is -0.497 e. The van der Waals surface area contributed by atoms with Crippen LogP contribution in [-0.2, 0) is 6.54 Å².